The molecule has 0 fully saturated rings. The molecule has 1 amide bonds. The van der Waals surface area contributed by atoms with E-state index in [9.17, 15) is 18.0 Å². The maximum Gasteiger partial charge on any atom is 0.573 e. The van der Waals surface area contributed by atoms with E-state index in [0.717, 1.165) is 13.1 Å². The van der Waals surface area contributed by atoms with Gasteiger partial charge in [-0.25, -0.2) is 0 Å². The third-order valence-electron chi connectivity index (χ3n) is 5.55. The minimum absolute atomic E-state index is 0.000715. The number of ether oxygens (including phenoxy) is 2. The average Bonchev–Trinajstić information content (AvgIpc) is 3.19. The number of fused-ring (bicyclic) bond motifs is 1. The summed E-state index contributed by atoms with van der Waals surface area (Å²) in [5.74, 6) is -0.509. The first-order valence-corrected chi connectivity index (χ1v) is 10.8. The molecular weight excluding hydrogens is 445 g/mol. The standard InChI is InChI=1S/C26H25F3N2O3/c1-30(2)25(32)20-10-7-18(8-11-20)17-33-23-12-9-19(13-24(23)34-26(27,28)29)14-31-15-21-5-3-4-6-22(21)16-31/h3-13H,14-17H2,1-2H3. The predicted molar refractivity (Wildman–Crippen MR) is 121 cm³/mol. The summed E-state index contributed by atoms with van der Waals surface area (Å²) < 4.78 is 49.1. The molecule has 0 aliphatic carbocycles. The van der Waals surface area contributed by atoms with Gasteiger partial charge in [0.25, 0.3) is 5.91 Å². The molecule has 8 heteroatoms. The number of halogens is 3. The minimum Gasteiger partial charge on any atom is -0.485 e. The second-order valence-corrected chi connectivity index (χ2v) is 8.43. The van der Waals surface area contributed by atoms with Gasteiger partial charge in [-0.05, 0) is 46.5 Å². The molecule has 5 nitrogen and oxygen atoms in total. The predicted octanol–water partition coefficient (Wildman–Crippen LogP) is 5.38. The first kappa shape index (κ1) is 23.6. The minimum atomic E-state index is -4.84. The number of nitrogens with zero attached hydrogens (tertiary/aromatic N) is 2. The van der Waals surface area contributed by atoms with Crippen molar-refractivity contribution in [2.24, 2.45) is 0 Å². The van der Waals surface area contributed by atoms with Crippen LogP contribution in [-0.4, -0.2) is 36.2 Å². The van der Waals surface area contributed by atoms with Crippen molar-refractivity contribution < 1.29 is 27.4 Å². The topological polar surface area (TPSA) is 42.0 Å². The van der Waals surface area contributed by atoms with Crippen LogP contribution in [0.2, 0.25) is 0 Å². The lowest BCUT2D eigenvalue weighted by atomic mass is 10.1. The van der Waals surface area contributed by atoms with Crippen molar-refractivity contribution in [3.05, 3.63) is 94.5 Å². The van der Waals surface area contributed by atoms with Gasteiger partial charge in [0.15, 0.2) is 11.5 Å². The van der Waals surface area contributed by atoms with Crippen LogP contribution in [0.15, 0.2) is 66.7 Å². The number of hydrogen-bond donors (Lipinski definition) is 0. The van der Waals surface area contributed by atoms with Gasteiger partial charge in [0, 0.05) is 39.3 Å². The largest absolute Gasteiger partial charge is 0.573 e. The van der Waals surface area contributed by atoms with Crippen LogP contribution in [0.25, 0.3) is 0 Å². The Balaban J connectivity index is 1.46. The summed E-state index contributed by atoms with van der Waals surface area (Å²) in [4.78, 5) is 15.6. The van der Waals surface area contributed by atoms with Crippen LogP contribution in [0.3, 0.4) is 0 Å². The number of benzene rings is 3. The zero-order valence-electron chi connectivity index (χ0n) is 18.9. The number of rotatable bonds is 7. The molecule has 3 aromatic rings. The number of carbonyl (C=O) groups is 1. The van der Waals surface area contributed by atoms with E-state index in [4.69, 9.17) is 4.74 Å². The molecule has 0 bridgehead atoms. The lowest BCUT2D eigenvalue weighted by molar-refractivity contribution is -0.275. The summed E-state index contributed by atoms with van der Waals surface area (Å²) in [6.45, 7) is 2.02. The fraction of sp³-hybridized carbons (Fsp3) is 0.269. The van der Waals surface area contributed by atoms with Gasteiger partial charge < -0.3 is 14.4 Å². The molecule has 3 aromatic carbocycles. The molecule has 0 unspecified atom stereocenters. The normalized spacial score (nSPS) is 13.4. The van der Waals surface area contributed by atoms with Gasteiger partial charge in [-0.15, -0.1) is 13.2 Å². The van der Waals surface area contributed by atoms with Crippen LogP contribution < -0.4 is 9.47 Å². The lowest BCUT2D eigenvalue weighted by Gasteiger charge is -2.18. The first-order chi connectivity index (χ1) is 16.2. The number of amides is 1. The summed E-state index contributed by atoms with van der Waals surface area (Å²) in [6, 6.07) is 19.5. The first-order valence-electron chi connectivity index (χ1n) is 10.8. The SMILES string of the molecule is CN(C)C(=O)c1ccc(COc2ccc(CN3Cc4ccccc4C3)cc2OC(F)(F)F)cc1. The van der Waals surface area contributed by atoms with E-state index in [1.807, 2.05) is 12.1 Å². The second kappa shape index (κ2) is 9.77. The smallest absolute Gasteiger partial charge is 0.485 e. The number of carbonyl (C=O) groups excluding carboxylic acids is 1. The van der Waals surface area contributed by atoms with E-state index >= 15 is 0 Å². The maximum absolute atomic E-state index is 13.1. The van der Waals surface area contributed by atoms with Gasteiger partial charge in [0.05, 0.1) is 0 Å². The van der Waals surface area contributed by atoms with E-state index in [1.54, 1.807) is 44.4 Å². The van der Waals surface area contributed by atoms with Crippen LogP contribution >= 0.6 is 0 Å². The highest BCUT2D eigenvalue weighted by Gasteiger charge is 2.33. The molecule has 0 saturated heterocycles. The van der Waals surface area contributed by atoms with Gasteiger partial charge in [0.1, 0.15) is 6.61 Å². The van der Waals surface area contributed by atoms with E-state index in [-0.39, 0.29) is 24.0 Å². The van der Waals surface area contributed by atoms with E-state index in [0.29, 0.717) is 23.2 Å². The summed E-state index contributed by atoms with van der Waals surface area (Å²) in [7, 11) is 3.32. The molecule has 4 rings (SSSR count). The third kappa shape index (κ3) is 5.88. The Labute approximate surface area is 196 Å². The molecule has 0 N–H and O–H groups in total. The molecule has 0 spiro atoms. The molecular formula is C26H25F3N2O3. The molecule has 0 saturated carbocycles. The van der Waals surface area contributed by atoms with Gasteiger partial charge >= 0.3 is 6.36 Å². The monoisotopic (exact) mass is 470 g/mol. The van der Waals surface area contributed by atoms with E-state index < -0.39 is 6.36 Å². The van der Waals surface area contributed by atoms with E-state index in [2.05, 4.69) is 21.8 Å². The quantitative estimate of drug-likeness (QED) is 0.465. The third-order valence-corrected chi connectivity index (χ3v) is 5.55. The van der Waals surface area contributed by atoms with Crippen molar-refractivity contribution in [3.63, 3.8) is 0 Å². The Bertz CT molecular complexity index is 1140. The van der Waals surface area contributed by atoms with Crippen molar-refractivity contribution in [2.75, 3.05) is 14.1 Å². The summed E-state index contributed by atoms with van der Waals surface area (Å²) >= 11 is 0. The van der Waals surface area contributed by atoms with Gasteiger partial charge in [-0.1, -0.05) is 42.5 Å². The Morgan fingerprint density at radius 2 is 1.53 bits per heavy atom. The highest BCUT2D eigenvalue weighted by Crippen LogP contribution is 2.35. The Hall–Kier alpha value is -3.52. The Morgan fingerprint density at radius 3 is 2.12 bits per heavy atom. The van der Waals surface area contributed by atoms with E-state index in [1.165, 1.54) is 28.2 Å². The highest BCUT2D eigenvalue weighted by atomic mass is 19.4. The van der Waals surface area contributed by atoms with Crippen molar-refractivity contribution in [3.8, 4) is 11.5 Å². The van der Waals surface area contributed by atoms with Crippen molar-refractivity contribution in [2.45, 2.75) is 32.6 Å². The van der Waals surface area contributed by atoms with Crippen LogP contribution in [0.1, 0.15) is 32.6 Å². The average molecular weight is 470 g/mol. The molecule has 0 atom stereocenters. The van der Waals surface area contributed by atoms with Crippen LogP contribution in [0, 0.1) is 0 Å². The molecule has 1 aliphatic heterocycles. The van der Waals surface area contributed by atoms with Gasteiger partial charge in [-0.2, -0.15) is 0 Å². The molecule has 178 valence electrons. The zero-order chi connectivity index (χ0) is 24.3. The summed E-state index contributed by atoms with van der Waals surface area (Å²) in [6.07, 6.45) is -4.84. The van der Waals surface area contributed by atoms with Crippen molar-refractivity contribution in [1.29, 1.82) is 0 Å². The fourth-order valence-corrected chi connectivity index (χ4v) is 3.91. The molecule has 0 aromatic heterocycles. The van der Waals surface area contributed by atoms with Gasteiger partial charge in [0.2, 0.25) is 0 Å². The zero-order valence-corrected chi connectivity index (χ0v) is 18.9. The molecule has 0 radical (unpaired) electrons. The molecule has 34 heavy (non-hydrogen) atoms. The second-order valence-electron chi connectivity index (χ2n) is 8.43. The van der Waals surface area contributed by atoms with Crippen molar-refractivity contribution in [1.82, 2.24) is 9.80 Å². The Morgan fingerprint density at radius 1 is 0.912 bits per heavy atom. The highest BCUT2D eigenvalue weighted by molar-refractivity contribution is 5.93. The van der Waals surface area contributed by atoms with Crippen molar-refractivity contribution >= 4 is 5.91 Å². The maximum atomic E-state index is 13.1. The van der Waals surface area contributed by atoms with Gasteiger partial charge in [-0.3, -0.25) is 9.69 Å². The van der Waals surface area contributed by atoms with Crippen LogP contribution in [0.4, 0.5) is 13.2 Å². The fourth-order valence-electron chi connectivity index (χ4n) is 3.91. The molecule has 1 aliphatic rings. The number of alkyl halides is 3. The summed E-state index contributed by atoms with van der Waals surface area (Å²) in [5, 5.41) is 0. The van der Waals surface area contributed by atoms with Crippen LogP contribution in [-0.2, 0) is 26.2 Å². The summed E-state index contributed by atoms with van der Waals surface area (Å²) in [5.41, 5.74) is 4.39. The Kier molecular flexibility index (Phi) is 6.79. The molecule has 1 heterocycles. The lowest BCUT2D eigenvalue weighted by Crippen LogP contribution is -2.21. The number of hydrogen-bond acceptors (Lipinski definition) is 4. The van der Waals surface area contributed by atoms with Crippen LogP contribution in [0.5, 0.6) is 11.5 Å².